The molecule has 0 aromatic heterocycles. The van der Waals surface area contributed by atoms with Gasteiger partial charge in [-0.05, 0) is 6.92 Å². The predicted octanol–water partition coefficient (Wildman–Crippen LogP) is -1.78. The number of nitrogens with one attached hydrogen (secondary N) is 2. The van der Waals surface area contributed by atoms with Crippen LogP contribution in [0.2, 0.25) is 0 Å². The van der Waals surface area contributed by atoms with Gasteiger partial charge in [0.25, 0.3) is 0 Å². The molecule has 0 radical (unpaired) electrons. The van der Waals surface area contributed by atoms with Crippen molar-refractivity contribution in [1.29, 1.82) is 0 Å². The number of carbonyl (C=O) groups excluding carboxylic acids is 1. The van der Waals surface area contributed by atoms with Crippen LogP contribution >= 0.6 is 11.8 Å². The molecular weight excluding hydrogens is 274 g/mol. The summed E-state index contributed by atoms with van der Waals surface area (Å²) >= 11 is 1.15. The maximum Gasteiger partial charge on any atom is 0.320 e. The SMILES string of the molecule is CCNC(=O)NC1=N[C@@H]2[C@@H](O)[C@H](O)C(CO)O[C@@H]2S1. The van der Waals surface area contributed by atoms with Crippen LogP contribution in [-0.2, 0) is 4.74 Å². The molecule has 0 aliphatic carbocycles. The Morgan fingerprint density at radius 1 is 1.47 bits per heavy atom. The Bertz CT molecular complexity index is 380. The zero-order chi connectivity index (χ0) is 14.0. The maximum absolute atomic E-state index is 11.4. The van der Waals surface area contributed by atoms with E-state index in [9.17, 15) is 15.0 Å². The summed E-state index contributed by atoms with van der Waals surface area (Å²) in [4.78, 5) is 15.5. The van der Waals surface area contributed by atoms with Crippen LogP contribution in [0, 0.1) is 0 Å². The van der Waals surface area contributed by atoms with E-state index in [1.807, 2.05) is 0 Å². The third-order valence-electron chi connectivity index (χ3n) is 2.90. The number of aliphatic hydroxyl groups is 3. The van der Waals surface area contributed by atoms with E-state index in [0.29, 0.717) is 11.7 Å². The number of ether oxygens (including phenoxy) is 1. The molecule has 2 heterocycles. The molecule has 5 N–H and O–H groups in total. The number of aliphatic hydroxyl groups excluding tert-OH is 3. The second kappa shape index (κ2) is 6.06. The molecule has 9 heteroatoms. The number of rotatable bonds is 2. The van der Waals surface area contributed by atoms with Gasteiger partial charge in [0.05, 0.1) is 6.61 Å². The molecule has 0 aromatic carbocycles. The van der Waals surface area contributed by atoms with Gasteiger partial charge in [0.15, 0.2) is 5.17 Å². The summed E-state index contributed by atoms with van der Waals surface area (Å²) in [5.74, 6) is 0. The van der Waals surface area contributed by atoms with Gasteiger partial charge in [0, 0.05) is 6.54 Å². The van der Waals surface area contributed by atoms with Crippen molar-refractivity contribution in [1.82, 2.24) is 10.6 Å². The summed E-state index contributed by atoms with van der Waals surface area (Å²) in [6.45, 7) is 1.89. The Kier molecular flexibility index (Phi) is 4.63. The summed E-state index contributed by atoms with van der Waals surface area (Å²) in [5.41, 5.74) is -0.521. The van der Waals surface area contributed by atoms with E-state index in [2.05, 4.69) is 15.6 Å². The van der Waals surface area contributed by atoms with E-state index < -0.39 is 29.8 Å². The van der Waals surface area contributed by atoms with E-state index >= 15 is 0 Å². The van der Waals surface area contributed by atoms with Crippen LogP contribution in [0.15, 0.2) is 4.99 Å². The molecule has 5 atom stereocenters. The first-order chi connectivity index (χ1) is 9.06. The highest BCUT2D eigenvalue weighted by atomic mass is 32.2. The molecule has 0 bridgehead atoms. The highest BCUT2D eigenvalue weighted by Crippen LogP contribution is 2.35. The summed E-state index contributed by atoms with van der Waals surface area (Å²) in [5, 5.41) is 34.1. The number of amides is 2. The molecule has 0 saturated carbocycles. The monoisotopic (exact) mass is 291 g/mol. The number of hydrogen-bond donors (Lipinski definition) is 5. The molecule has 2 amide bonds. The lowest BCUT2D eigenvalue weighted by Gasteiger charge is -2.37. The predicted molar refractivity (Wildman–Crippen MR) is 68.8 cm³/mol. The van der Waals surface area contributed by atoms with Crippen molar-refractivity contribution in [2.24, 2.45) is 4.99 Å². The molecule has 0 aromatic rings. The number of nitrogens with zero attached hydrogens (tertiary/aromatic N) is 1. The molecule has 2 rings (SSSR count). The summed E-state index contributed by atoms with van der Waals surface area (Å²) < 4.78 is 5.43. The van der Waals surface area contributed by atoms with E-state index in [1.54, 1.807) is 6.92 Å². The number of urea groups is 1. The average molecular weight is 291 g/mol. The Hall–Kier alpha value is -0.870. The smallest absolute Gasteiger partial charge is 0.320 e. The first-order valence-electron chi connectivity index (χ1n) is 5.98. The van der Waals surface area contributed by atoms with Crippen LogP contribution in [-0.4, -0.2) is 69.5 Å². The molecule has 1 fully saturated rings. The third kappa shape index (κ3) is 3.00. The number of amidine groups is 1. The minimum atomic E-state index is -1.19. The van der Waals surface area contributed by atoms with E-state index in [-0.39, 0.29) is 12.6 Å². The van der Waals surface area contributed by atoms with Gasteiger partial charge in [-0.25, -0.2) is 4.79 Å². The number of carbonyl (C=O) groups is 1. The van der Waals surface area contributed by atoms with Crippen molar-refractivity contribution >= 4 is 23.0 Å². The van der Waals surface area contributed by atoms with Gasteiger partial charge in [-0.3, -0.25) is 10.3 Å². The highest BCUT2D eigenvalue weighted by molar-refractivity contribution is 8.14. The van der Waals surface area contributed by atoms with E-state index in [1.165, 1.54) is 0 Å². The zero-order valence-corrected chi connectivity index (χ0v) is 11.1. The molecule has 108 valence electrons. The van der Waals surface area contributed by atoms with Crippen LogP contribution in [0.4, 0.5) is 4.79 Å². The molecule has 1 saturated heterocycles. The zero-order valence-electron chi connectivity index (χ0n) is 10.3. The lowest BCUT2D eigenvalue weighted by molar-refractivity contribution is -0.164. The van der Waals surface area contributed by atoms with Gasteiger partial charge in [-0.15, -0.1) is 0 Å². The summed E-state index contributed by atoms with van der Waals surface area (Å²) in [7, 11) is 0. The molecular formula is C10H17N3O5S. The standard InChI is InChI=1S/C10H17N3O5S/c1-2-11-9(17)13-10-12-5-7(16)6(15)4(3-14)18-8(5)19-10/h4-8,14-16H,2-3H2,1H3,(H2,11,12,13,17)/t4?,5-,6-,7-,8-/m1/s1. The van der Waals surface area contributed by atoms with Gasteiger partial charge in [0.1, 0.15) is 29.8 Å². The normalized spacial score (nSPS) is 37.5. The topological polar surface area (TPSA) is 123 Å². The quantitative estimate of drug-likeness (QED) is 0.410. The summed E-state index contributed by atoms with van der Waals surface area (Å²) in [6.07, 6.45) is -3.17. The van der Waals surface area contributed by atoms with Crippen LogP contribution in [0.1, 0.15) is 6.92 Å². The first kappa shape index (κ1) is 14.5. The Morgan fingerprint density at radius 2 is 2.21 bits per heavy atom. The number of fused-ring (bicyclic) bond motifs is 1. The molecule has 2 aliphatic rings. The van der Waals surface area contributed by atoms with Crippen molar-refractivity contribution in [3.63, 3.8) is 0 Å². The van der Waals surface area contributed by atoms with Crippen molar-refractivity contribution < 1.29 is 24.9 Å². The van der Waals surface area contributed by atoms with Crippen LogP contribution in [0.3, 0.4) is 0 Å². The van der Waals surface area contributed by atoms with Crippen molar-refractivity contribution in [3.05, 3.63) is 0 Å². The van der Waals surface area contributed by atoms with Gasteiger partial charge in [-0.2, -0.15) is 0 Å². The minimum absolute atomic E-state index is 0.325. The number of hydrogen-bond acceptors (Lipinski definition) is 7. The summed E-state index contributed by atoms with van der Waals surface area (Å²) in [6, 6.07) is -1.04. The molecule has 8 nitrogen and oxygen atoms in total. The molecule has 19 heavy (non-hydrogen) atoms. The Morgan fingerprint density at radius 3 is 2.84 bits per heavy atom. The minimum Gasteiger partial charge on any atom is -0.394 e. The second-order valence-corrected chi connectivity index (χ2v) is 5.32. The largest absolute Gasteiger partial charge is 0.394 e. The first-order valence-corrected chi connectivity index (χ1v) is 6.86. The van der Waals surface area contributed by atoms with Gasteiger partial charge in [0.2, 0.25) is 0 Å². The Labute approximate surface area is 114 Å². The Balaban J connectivity index is 2.00. The second-order valence-electron chi connectivity index (χ2n) is 4.23. The third-order valence-corrected chi connectivity index (χ3v) is 3.95. The average Bonchev–Trinajstić information content (AvgIpc) is 2.76. The van der Waals surface area contributed by atoms with Crippen molar-refractivity contribution in [2.45, 2.75) is 36.7 Å². The highest BCUT2D eigenvalue weighted by Gasteiger charge is 2.48. The number of thioether (sulfide) groups is 1. The van der Waals surface area contributed by atoms with Crippen LogP contribution in [0.5, 0.6) is 0 Å². The van der Waals surface area contributed by atoms with E-state index in [0.717, 1.165) is 11.8 Å². The fourth-order valence-corrected chi connectivity index (χ4v) is 3.06. The molecule has 2 aliphatic heterocycles. The fraction of sp³-hybridized carbons (Fsp3) is 0.800. The lowest BCUT2D eigenvalue weighted by Crippen LogP contribution is -2.55. The molecule has 0 spiro atoms. The van der Waals surface area contributed by atoms with Crippen molar-refractivity contribution in [2.75, 3.05) is 13.2 Å². The van der Waals surface area contributed by atoms with Crippen LogP contribution in [0.25, 0.3) is 0 Å². The van der Waals surface area contributed by atoms with Gasteiger partial charge < -0.3 is 25.4 Å². The van der Waals surface area contributed by atoms with E-state index in [4.69, 9.17) is 9.84 Å². The van der Waals surface area contributed by atoms with Gasteiger partial charge in [-0.1, -0.05) is 11.8 Å². The lowest BCUT2D eigenvalue weighted by atomic mass is 9.99. The maximum atomic E-state index is 11.4. The number of aliphatic imine (C=N–C) groups is 1. The fourth-order valence-electron chi connectivity index (χ4n) is 1.94. The van der Waals surface area contributed by atoms with Crippen molar-refractivity contribution in [3.8, 4) is 0 Å². The van der Waals surface area contributed by atoms with Crippen LogP contribution < -0.4 is 10.6 Å². The molecule has 1 unspecified atom stereocenters. The van der Waals surface area contributed by atoms with Gasteiger partial charge >= 0.3 is 6.03 Å².